The number of rotatable bonds is 4. The summed E-state index contributed by atoms with van der Waals surface area (Å²) in [6, 6.07) is 8.92. The molecule has 1 aliphatic heterocycles. The third kappa shape index (κ3) is 3.68. The van der Waals surface area contributed by atoms with Gasteiger partial charge in [-0.3, -0.25) is 4.79 Å². The second-order valence-electron chi connectivity index (χ2n) is 6.16. The van der Waals surface area contributed by atoms with E-state index in [1.807, 2.05) is 6.26 Å². The van der Waals surface area contributed by atoms with Crippen molar-refractivity contribution in [3.8, 4) is 23.1 Å². The Morgan fingerprint density at radius 2 is 1.96 bits per heavy atom. The molecule has 3 heterocycles. The third-order valence-electron chi connectivity index (χ3n) is 4.22. The minimum Gasteiger partial charge on any atom is -0.490 e. The first-order valence-electron chi connectivity index (χ1n) is 8.83. The molecule has 0 fully saturated rings. The Kier molecular flexibility index (Phi) is 5.21. The molecule has 3 aromatic rings. The van der Waals surface area contributed by atoms with Crippen molar-refractivity contribution in [2.45, 2.75) is 18.4 Å². The van der Waals surface area contributed by atoms with Crippen molar-refractivity contribution in [1.82, 2.24) is 9.97 Å². The first kappa shape index (κ1) is 18.4. The number of benzene rings is 1. The smallest absolute Gasteiger partial charge is 0.260 e. The Hall–Kier alpha value is -3.00. The molecule has 0 spiro atoms. The predicted octanol–water partition coefficient (Wildman–Crippen LogP) is 4.18. The highest BCUT2D eigenvalue weighted by Gasteiger charge is 2.21. The molecule has 0 unspecified atom stereocenters. The van der Waals surface area contributed by atoms with E-state index in [-0.39, 0.29) is 5.91 Å². The highest BCUT2D eigenvalue weighted by atomic mass is 32.2. The van der Waals surface area contributed by atoms with Crippen LogP contribution in [0.1, 0.15) is 22.5 Å². The number of hydrogen-bond acceptors (Lipinski definition) is 7. The van der Waals surface area contributed by atoms with Gasteiger partial charge in [0.1, 0.15) is 5.03 Å². The summed E-state index contributed by atoms with van der Waals surface area (Å²) in [7, 11) is 0. The Labute approximate surface area is 166 Å². The number of aromatic nitrogens is 2. The average Bonchev–Trinajstić information content (AvgIpc) is 3.13. The van der Waals surface area contributed by atoms with Crippen molar-refractivity contribution in [2.24, 2.45) is 0 Å². The zero-order valence-electron chi connectivity index (χ0n) is 15.5. The minimum absolute atomic E-state index is 0.276. The summed E-state index contributed by atoms with van der Waals surface area (Å²) in [4.78, 5) is 21.9. The molecule has 1 amide bonds. The van der Waals surface area contributed by atoms with E-state index in [2.05, 4.69) is 15.3 Å². The van der Waals surface area contributed by atoms with E-state index in [1.54, 1.807) is 43.5 Å². The maximum atomic E-state index is 12.9. The maximum absolute atomic E-state index is 12.9. The highest BCUT2D eigenvalue weighted by Crippen LogP contribution is 2.33. The van der Waals surface area contributed by atoms with E-state index in [0.29, 0.717) is 58.3 Å². The molecule has 1 aliphatic rings. The number of carbonyl (C=O) groups is 1. The van der Waals surface area contributed by atoms with Crippen molar-refractivity contribution in [3.05, 3.63) is 47.9 Å². The monoisotopic (exact) mass is 397 g/mol. The number of amides is 1. The summed E-state index contributed by atoms with van der Waals surface area (Å²) in [6.07, 6.45) is 4.27. The second-order valence-corrected chi connectivity index (χ2v) is 6.96. The van der Waals surface area contributed by atoms with E-state index in [9.17, 15) is 4.79 Å². The maximum Gasteiger partial charge on any atom is 0.260 e. The average molecular weight is 397 g/mol. The van der Waals surface area contributed by atoms with Crippen LogP contribution in [0.3, 0.4) is 0 Å². The fourth-order valence-electron chi connectivity index (χ4n) is 2.91. The van der Waals surface area contributed by atoms with Crippen LogP contribution < -0.4 is 14.8 Å². The Bertz CT molecular complexity index is 1000. The van der Waals surface area contributed by atoms with Crippen LogP contribution in [0.4, 0.5) is 5.69 Å². The molecule has 2 aromatic heterocycles. The van der Waals surface area contributed by atoms with Crippen molar-refractivity contribution in [3.63, 3.8) is 0 Å². The molecular formula is C20H19N3O4S. The summed E-state index contributed by atoms with van der Waals surface area (Å²) in [5.74, 6) is 2.05. The number of anilines is 1. The van der Waals surface area contributed by atoms with Crippen molar-refractivity contribution in [2.75, 3.05) is 24.8 Å². The van der Waals surface area contributed by atoms with Crippen LogP contribution in [0.5, 0.6) is 11.5 Å². The fourth-order valence-corrected chi connectivity index (χ4v) is 3.53. The van der Waals surface area contributed by atoms with E-state index in [0.717, 1.165) is 6.42 Å². The van der Waals surface area contributed by atoms with Crippen molar-refractivity contribution in [1.29, 1.82) is 0 Å². The van der Waals surface area contributed by atoms with Crippen LogP contribution in [0, 0.1) is 6.92 Å². The molecule has 0 radical (unpaired) electrons. The number of aryl methyl sites for hydroxylation is 1. The molecule has 0 bridgehead atoms. The molecule has 0 atom stereocenters. The van der Waals surface area contributed by atoms with Crippen LogP contribution >= 0.6 is 11.8 Å². The van der Waals surface area contributed by atoms with Gasteiger partial charge in [0.25, 0.3) is 5.91 Å². The number of thioether (sulfide) groups is 1. The van der Waals surface area contributed by atoms with Gasteiger partial charge in [0.05, 0.1) is 30.7 Å². The van der Waals surface area contributed by atoms with Gasteiger partial charge in [0.15, 0.2) is 23.1 Å². The lowest BCUT2D eigenvalue weighted by Gasteiger charge is -2.13. The topological polar surface area (TPSA) is 86.5 Å². The van der Waals surface area contributed by atoms with Gasteiger partial charge in [-0.1, -0.05) is 0 Å². The predicted molar refractivity (Wildman–Crippen MR) is 106 cm³/mol. The number of nitrogens with one attached hydrogen (secondary N) is 1. The van der Waals surface area contributed by atoms with Gasteiger partial charge in [-0.25, -0.2) is 9.97 Å². The van der Waals surface area contributed by atoms with Crippen LogP contribution in [-0.4, -0.2) is 35.3 Å². The summed E-state index contributed by atoms with van der Waals surface area (Å²) >= 11 is 1.39. The lowest BCUT2D eigenvalue weighted by atomic mass is 10.2. The van der Waals surface area contributed by atoms with E-state index < -0.39 is 0 Å². The Balaban J connectivity index is 1.62. The molecule has 0 saturated carbocycles. The van der Waals surface area contributed by atoms with Gasteiger partial charge in [-0.15, -0.1) is 11.8 Å². The normalized spacial score (nSPS) is 13.1. The number of ether oxygens (including phenoxy) is 2. The first-order valence-corrected chi connectivity index (χ1v) is 10.1. The molecule has 7 nitrogen and oxygen atoms in total. The van der Waals surface area contributed by atoms with Gasteiger partial charge in [-0.05, 0) is 37.4 Å². The zero-order chi connectivity index (χ0) is 19.5. The first-order chi connectivity index (χ1) is 13.7. The number of hydrogen-bond donors (Lipinski definition) is 1. The summed E-state index contributed by atoms with van der Waals surface area (Å²) in [5, 5.41) is 3.50. The standard InChI is InChI=1S/C20H19N3O4S/c1-12-17(20(28-2)23-18(21-12)15-5-3-8-26-15)19(24)22-13-6-7-14-16(11-13)27-10-4-9-25-14/h3,5-8,11H,4,9-10H2,1-2H3,(H,22,24). The summed E-state index contributed by atoms with van der Waals surface area (Å²) in [5.41, 5.74) is 1.64. The summed E-state index contributed by atoms with van der Waals surface area (Å²) < 4.78 is 16.7. The SMILES string of the molecule is CSc1nc(-c2ccco2)nc(C)c1C(=O)Nc1ccc2c(c1)OCCCO2. The molecule has 144 valence electrons. The molecule has 8 heteroatoms. The van der Waals surface area contributed by atoms with Crippen LogP contribution in [0.2, 0.25) is 0 Å². The van der Waals surface area contributed by atoms with Crippen LogP contribution in [0.15, 0.2) is 46.0 Å². The number of nitrogens with zero attached hydrogens (tertiary/aromatic N) is 2. The second kappa shape index (κ2) is 7.93. The van der Waals surface area contributed by atoms with Gasteiger partial charge < -0.3 is 19.2 Å². The quantitative estimate of drug-likeness (QED) is 0.522. The molecule has 28 heavy (non-hydrogen) atoms. The van der Waals surface area contributed by atoms with E-state index in [4.69, 9.17) is 13.9 Å². The third-order valence-corrected chi connectivity index (χ3v) is 4.91. The van der Waals surface area contributed by atoms with E-state index in [1.165, 1.54) is 11.8 Å². The van der Waals surface area contributed by atoms with Crippen LogP contribution in [0.25, 0.3) is 11.6 Å². The van der Waals surface area contributed by atoms with Crippen LogP contribution in [-0.2, 0) is 0 Å². The molecule has 0 aliphatic carbocycles. The number of fused-ring (bicyclic) bond motifs is 1. The zero-order valence-corrected chi connectivity index (χ0v) is 16.3. The molecule has 1 aromatic carbocycles. The highest BCUT2D eigenvalue weighted by molar-refractivity contribution is 7.98. The van der Waals surface area contributed by atoms with Gasteiger partial charge >= 0.3 is 0 Å². The Morgan fingerprint density at radius 1 is 1.14 bits per heavy atom. The fraction of sp³-hybridized carbons (Fsp3) is 0.250. The van der Waals surface area contributed by atoms with Gasteiger partial charge in [0, 0.05) is 18.2 Å². The van der Waals surface area contributed by atoms with Crippen molar-refractivity contribution < 1.29 is 18.7 Å². The molecule has 4 rings (SSSR count). The molecular weight excluding hydrogens is 378 g/mol. The lowest BCUT2D eigenvalue weighted by molar-refractivity contribution is 0.102. The lowest BCUT2D eigenvalue weighted by Crippen LogP contribution is -2.17. The van der Waals surface area contributed by atoms with Crippen molar-refractivity contribution >= 4 is 23.4 Å². The number of carbonyl (C=O) groups excluding carboxylic acids is 1. The molecule has 0 saturated heterocycles. The minimum atomic E-state index is -0.276. The summed E-state index contributed by atoms with van der Waals surface area (Å²) in [6.45, 7) is 2.99. The number of furan rings is 1. The van der Waals surface area contributed by atoms with Gasteiger partial charge in [-0.2, -0.15) is 0 Å². The van der Waals surface area contributed by atoms with E-state index >= 15 is 0 Å². The largest absolute Gasteiger partial charge is 0.490 e. The van der Waals surface area contributed by atoms with Gasteiger partial charge in [0.2, 0.25) is 0 Å². The Morgan fingerprint density at radius 3 is 2.71 bits per heavy atom. The molecule has 1 N–H and O–H groups in total.